The average molecular weight is 311 g/mol. The van der Waals surface area contributed by atoms with Gasteiger partial charge in [0.05, 0.1) is 5.75 Å². The molecule has 0 bridgehead atoms. The van der Waals surface area contributed by atoms with Gasteiger partial charge in [-0.1, -0.05) is 36.8 Å². The fourth-order valence-electron chi connectivity index (χ4n) is 2.68. The first kappa shape index (κ1) is 16.5. The molecule has 1 saturated carbocycles. The molecular weight excluding hydrogens is 286 g/mol. The van der Waals surface area contributed by atoms with Crippen LogP contribution in [-0.4, -0.2) is 36.2 Å². The Morgan fingerprint density at radius 3 is 2.48 bits per heavy atom. The van der Waals surface area contributed by atoms with E-state index >= 15 is 0 Å². The van der Waals surface area contributed by atoms with Gasteiger partial charge >= 0.3 is 0 Å². The highest BCUT2D eigenvalue weighted by molar-refractivity contribution is 7.89. The Morgan fingerprint density at radius 2 is 1.95 bits per heavy atom. The Bertz CT molecular complexity index is 526. The summed E-state index contributed by atoms with van der Waals surface area (Å²) in [7, 11) is -3.28. The number of benzene rings is 1. The van der Waals surface area contributed by atoms with Gasteiger partial charge in [-0.3, -0.25) is 0 Å². The van der Waals surface area contributed by atoms with Crippen LogP contribution in [0.1, 0.15) is 38.2 Å². The summed E-state index contributed by atoms with van der Waals surface area (Å²) in [6.07, 6.45) is 3.65. The van der Waals surface area contributed by atoms with Crippen LogP contribution in [-0.2, 0) is 16.6 Å². The summed E-state index contributed by atoms with van der Waals surface area (Å²) in [5, 5.41) is 9.14. The second-order valence-electron chi connectivity index (χ2n) is 5.97. The van der Waals surface area contributed by atoms with Crippen molar-refractivity contribution in [2.75, 3.05) is 12.4 Å². The average Bonchev–Trinajstić information content (AvgIpc) is 2.42. The second kappa shape index (κ2) is 7.38. The van der Waals surface area contributed by atoms with Crippen LogP contribution in [0.4, 0.5) is 0 Å². The Balaban J connectivity index is 2.14. The van der Waals surface area contributed by atoms with Gasteiger partial charge in [0, 0.05) is 19.2 Å². The molecule has 0 aliphatic heterocycles. The zero-order valence-electron chi connectivity index (χ0n) is 12.6. The monoisotopic (exact) mass is 311 g/mol. The van der Waals surface area contributed by atoms with Crippen molar-refractivity contribution < 1.29 is 13.5 Å². The Labute approximate surface area is 127 Å². The van der Waals surface area contributed by atoms with Gasteiger partial charge in [-0.25, -0.2) is 8.42 Å². The number of aliphatic hydroxyl groups is 1. The van der Waals surface area contributed by atoms with E-state index in [-0.39, 0.29) is 18.4 Å². The van der Waals surface area contributed by atoms with E-state index in [1.54, 1.807) is 4.31 Å². The van der Waals surface area contributed by atoms with E-state index in [0.717, 1.165) is 24.8 Å². The first-order valence-electron chi connectivity index (χ1n) is 7.67. The lowest BCUT2D eigenvalue weighted by Gasteiger charge is -2.32. The largest absolute Gasteiger partial charge is 0.396 e. The summed E-state index contributed by atoms with van der Waals surface area (Å²) >= 11 is 0. The van der Waals surface area contributed by atoms with Crippen LogP contribution in [0.5, 0.6) is 0 Å². The summed E-state index contributed by atoms with van der Waals surface area (Å²) in [6, 6.07) is 9.47. The molecule has 1 aliphatic rings. The highest BCUT2D eigenvalue weighted by Gasteiger charge is 2.32. The molecule has 4 nitrogen and oxygen atoms in total. The normalized spacial score (nSPS) is 17.7. The van der Waals surface area contributed by atoms with Gasteiger partial charge in [-0.2, -0.15) is 4.31 Å². The molecule has 1 unspecified atom stereocenters. The molecule has 21 heavy (non-hydrogen) atoms. The molecule has 2 rings (SSSR count). The molecule has 0 heterocycles. The van der Waals surface area contributed by atoms with Crippen molar-refractivity contribution in [2.24, 2.45) is 5.92 Å². The fraction of sp³-hybridized carbons (Fsp3) is 0.625. The van der Waals surface area contributed by atoms with Gasteiger partial charge in [-0.15, -0.1) is 0 Å². The first-order chi connectivity index (χ1) is 10.0. The number of hydrogen-bond donors (Lipinski definition) is 1. The maximum Gasteiger partial charge on any atom is 0.214 e. The number of sulfonamides is 1. The van der Waals surface area contributed by atoms with E-state index in [1.807, 2.05) is 37.3 Å². The van der Waals surface area contributed by atoms with E-state index in [0.29, 0.717) is 18.9 Å². The molecule has 0 aromatic heterocycles. The molecular formula is C16H25NO3S. The zero-order valence-corrected chi connectivity index (χ0v) is 13.4. The molecule has 0 amide bonds. The topological polar surface area (TPSA) is 57.6 Å². The van der Waals surface area contributed by atoms with Crippen molar-refractivity contribution in [2.45, 2.75) is 45.2 Å². The Hall–Kier alpha value is -0.910. The predicted octanol–water partition coefficient (Wildman–Crippen LogP) is 2.39. The van der Waals surface area contributed by atoms with Crippen LogP contribution in [0.25, 0.3) is 0 Å². The number of nitrogens with zero attached hydrogens (tertiary/aromatic N) is 1. The molecule has 1 aromatic carbocycles. The van der Waals surface area contributed by atoms with Gasteiger partial charge in [0.2, 0.25) is 10.0 Å². The number of hydrogen-bond acceptors (Lipinski definition) is 3. The van der Waals surface area contributed by atoms with Gasteiger partial charge in [0.25, 0.3) is 0 Å². The van der Waals surface area contributed by atoms with E-state index in [2.05, 4.69) is 0 Å². The Kier molecular flexibility index (Phi) is 5.79. The van der Waals surface area contributed by atoms with Crippen LogP contribution in [0, 0.1) is 5.92 Å². The summed E-state index contributed by atoms with van der Waals surface area (Å²) < 4.78 is 27.0. The fourth-order valence-corrected chi connectivity index (χ4v) is 4.80. The van der Waals surface area contributed by atoms with Crippen molar-refractivity contribution in [3.8, 4) is 0 Å². The van der Waals surface area contributed by atoms with E-state index in [1.165, 1.54) is 0 Å². The number of aliphatic hydroxyl groups excluding tert-OH is 1. The van der Waals surface area contributed by atoms with Crippen LogP contribution >= 0.6 is 0 Å². The maximum absolute atomic E-state index is 12.7. The van der Waals surface area contributed by atoms with Crippen LogP contribution in [0.15, 0.2) is 30.3 Å². The summed E-state index contributed by atoms with van der Waals surface area (Å²) in [6.45, 7) is 2.26. The molecule has 5 heteroatoms. The van der Waals surface area contributed by atoms with Gasteiger partial charge in [0.1, 0.15) is 0 Å². The van der Waals surface area contributed by atoms with Crippen molar-refractivity contribution in [1.82, 2.24) is 4.31 Å². The van der Waals surface area contributed by atoms with Crippen molar-refractivity contribution >= 4 is 10.0 Å². The third-order valence-corrected chi connectivity index (χ3v) is 6.34. The van der Waals surface area contributed by atoms with Crippen molar-refractivity contribution in [1.29, 1.82) is 0 Å². The summed E-state index contributed by atoms with van der Waals surface area (Å²) in [5.41, 5.74) is 0.986. The minimum atomic E-state index is -3.28. The summed E-state index contributed by atoms with van der Waals surface area (Å²) in [5.74, 6) is 0.560. The quantitative estimate of drug-likeness (QED) is 0.802. The molecule has 1 aliphatic carbocycles. The lowest BCUT2D eigenvalue weighted by atomic mass is 9.87. The molecule has 1 fully saturated rings. The standard InChI is InChI=1S/C16H25NO3S/c1-14(10-11-18)17(12-15-6-3-2-4-7-15)21(19,20)13-16-8-5-9-16/h2-4,6-7,14,16,18H,5,8-13H2,1H3. The van der Waals surface area contributed by atoms with Crippen LogP contribution < -0.4 is 0 Å². The minimum Gasteiger partial charge on any atom is -0.396 e. The molecule has 0 saturated heterocycles. The molecule has 1 N–H and O–H groups in total. The van der Waals surface area contributed by atoms with Crippen LogP contribution in [0.2, 0.25) is 0 Å². The van der Waals surface area contributed by atoms with E-state index in [4.69, 9.17) is 5.11 Å². The molecule has 0 spiro atoms. The zero-order chi connectivity index (χ0) is 15.3. The lowest BCUT2D eigenvalue weighted by molar-refractivity contribution is 0.228. The molecule has 118 valence electrons. The molecule has 1 aromatic rings. The van der Waals surface area contributed by atoms with Crippen LogP contribution in [0.3, 0.4) is 0 Å². The van der Waals surface area contributed by atoms with Gasteiger partial charge in [0.15, 0.2) is 0 Å². The highest BCUT2D eigenvalue weighted by atomic mass is 32.2. The predicted molar refractivity (Wildman–Crippen MR) is 84.3 cm³/mol. The third kappa shape index (κ3) is 4.53. The smallest absolute Gasteiger partial charge is 0.214 e. The first-order valence-corrected chi connectivity index (χ1v) is 9.28. The molecule has 1 atom stereocenters. The van der Waals surface area contributed by atoms with Gasteiger partial charge in [-0.05, 0) is 37.7 Å². The number of rotatable bonds is 8. The third-order valence-electron chi connectivity index (χ3n) is 4.25. The maximum atomic E-state index is 12.7. The SMILES string of the molecule is CC(CCO)N(Cc1ccccc1)S(=O)(=O)CC1CCC1. The Morgan fingerprint density at radius 1 is 1.29 bits per heavy atom. The second-order valence-corrected chi connectivity index (χ2v) is 7.93. The van der Waals surface area contributed by atoms with Gasteiger partial charge < -0.3 is 5.11 Å². The van der Waals surface area contributed by atoms with E-state index in [9.17, 15) is 8.42 Å². The van der Waals surface area contributed by atoms with Crippen molar-refractivity contribution in [3.05, 3.63) is 35.9 Å². The van der Waals surface area contributed by atoms with Crippen molar-refractivity contribution in [3.63, 3.8) is 0 Å². The summed E-state index contributed by atoms with van der Waals surface area (Å²) in [4.78, 5) is 0. The van der Waals surface area contributed by atoms with E-state index < -0.39 is 10.0 Å². The lowest BCUT2D eigenvalue weighted by Crippen LogP contribution is -2.42. The molecule has 0 radical (unpaired) electrons. The highest BCUT2D eigenvalue weighted by Crippen LogP contribution is 2.29. The minimum absolute atomic E-state index is 0.00536.